The summed E-state index contributed by atoms with van der Waals surface area (Å²) in [6.07, 6.45) is 2.30. The first-order valence-corrected chi connectivity index (χ1v) is 7.77. The molecule has 0 heterocycles. The normalized spacial score (nSPS) is 10.5. The summed E-state index contributed by atoms with van der Waals surface area (Å²) >= 11 is 0. The third kappa shape index (κ3) is 4.23. The first kappa shape index (κ1) is 20.4. The van der Waals surface area contributed by atoms with Gasteiger partial charge in [0.2, 0.25) is 0 Å². The van der Waals surface area contributed by atoms with E-state index in [1.807, 2.05) is 0 Å². The number of carbonyl (C=O) groups is 1. The Morgan fingerprint density at radius 3 is 2.00 bits per heavy atom. The van der Waals surface area contributed by atoms with E-state index in [0.29, 0.717) is 5.75 Å². The summed E-state index contributed by atoms with van der Waals surface area (Å²) in [5.41, 5.74) is -0.775. The Bertz CT molecular complexity index is 943. The van der Waals surface area contributed by atoms with Crippen LogP contribution >= 0.6 is 0 Å². The van der Waals surface area contributed by atoms with Crippen LogP contribution in [0, 0.1) is 20.2 Å². The molecule has 0 amide bonds. The van der Waals surface area contributed by atoms with Crippen LogP contribution in [-0.4, -0.2) is 37.0 Å². The van der Waals surface area contributed by atoms with Gasteiger partial charge in [0.25, 0.3) is 11.4 Å². The van der Waals surface area contributed by atoms with Crippen molar-refractivity contribution in [3.63, 3.8) is 0 Å². The van der Waals surface area contributed by atoms with Crippen molar-refractivity contribution in [2.24, 2.45) is 0 Å². The summed E-state index contributed by atoms with van der Waals surface area (Å²) in [4.78, 5) is 33.2. The molecule has 2 aromatic carbocycles. The second kappa shape index (κ2) is 8.62. The van der Waals surface area contributed by atoms with Gasteiger partial charge in [0.1, 0.15) is 22.8 Å². The van der Waals surface area contributed by atoms with E-state index in [1.54, 1.807) is 0 Å². The molecule has 0 N–H and O–H groups in total. The van der Waals surface area contributed by atoms with E-state index in [-0.39, 0.29) is 22.6 Å². The quantitative estimate of drug-likeness (QED) is 0.291. The molecule has 0 atom stereocenters. The fraction of sp³-hybridized carbons (Fsp3) is 0.167. The topological polar surface area (TPSA) is 131 Å². The van der Waals surface area contributed by atoms with Crippen molar-refractivity contribution in [2.75, 3.05) is 21.3 Å². The Balaban J connectivity index is 2.47. The van der Waals surface area contributed by atoms with Gasteiger partial charge in [-0.15, -0.1) is 0 Å². The van der Waals surface area contributed by atoms with Crippen LogP contribution in [0.5, 0.6) is 17.2 Å². The zero-order valence-corrected chi connectivity index (χ0v) is 15.2. The number of methoxy groups -OCH3 is 3. The molecule has 146 valence electrons. The maximum Gasteiger partial charge on any atom is 0.283 e. The molecule has 0 saturated carbocycles. The molecule has 10 nitrogen and oxygen atoms in total. The van der Waals surface area contributed by atoms with Gasteiger partial charge >= 0.3 is 0 Å². The maximum absolute atomic E-state index is 12.7. The number of ketones is 1. The molecular weight excluding hydrogens is 372 g/mol. The van der Waals surface area contributed by atoms with Crippen molar-refractivity contribution >= 4 is 23.2 Å². The fourth-order valence-electron chi connectivity index (χ4n) is 2.44. The first-order valence-electron chi connectivity index (χ1n) is 7.77. The summed E-state index contributed by atoms with van der Waals surface area (Å²) in [6, 6.07) is 6.14. The number of non-ortho nitro benzene ring substituents is 1. The highest BCUT2D eigenvalue weighted by atomic mass is 16.6. The Kier molecular flexibility index (Phi) is 6.27. The van der Waals surface area contributed by atoms with Gasteiger partial charge in [0.05, 0.1) is 42.8 Å². The van der Waals surface area contributed by atoms with Crippen molar-refractivity contribution in [2.45, 2.75) is 0 Å². The van der Waals surface area contributed by atoms with Crippen LogP contribution in [0.25, 0.3) is 6.08 Å². The molecule has 28 heavy (non-hydrogen) atoms. The average Bonchev–Trinajstić information content (AvgIpc) is 2.70. The van der Waals surface area contributed by atoms with Crippen LogP contribution in [0.15, 0.2) is 36.4 Å². The van der Waals surface area contributed by atoms with E-state index < -0.39 is 27.0 Å². The Labute approximate surface area is 159 Å². The summed E-state index contributed by atoms with van der Waals surface area (Å²) < 4.78 is 15.5. The zero-order chi connectivity index (χ0) is 20.8. The van der Waals surface area contributed by atoms with Gasteiger partial charge in [0.15, 0.2) is 5.78 Å². The van der Waals surface area contributed by atoms with Crippen LogP contribution in [0.3, 0.4) is 0 Å². The van der Waals surface area contributed by atoms with Crippen molar-refractivity contribution < 1.29 is 28.9 Å². The highest BCUT2D eigenvalue weighted by molar-refractivity contribution is 6.11. The lowest BCUT2D eigenvalue weighted by atomic mass is 10.1. The van der Waals surface area contributed by atoms with Gasteiger partial charge in [-0.25, -0.2) is 0 Å². The van der Waals surface area contributed by atoms with Gasteiger partial charge in [0, 0.05) is 18.2 Å². The lowest BCUT2D eigenvalue weighted by molar-refractivity contribution is -0.394. The Morgan fingerprint density at radius 2 is 1.54 bits per heavy atom. The second-order valence-corrected chi connectivity index (χ2v) is 5.36. The number of benzene rings is 2. The SMILES string of the molecule is COc1cc(OC)c(C(=O)/C=C/c2ccc([N+](=O)[O-])cc2[N+](=O)[O-])c(OC)c1. The standard InChI is InChI=1S/C18H16N2O8/c1-26-13-9-16(27-2)18(17(10-13)28-3)15(21)7-5-11-4-6-12(19(22)23)8-14(11)20(24)25/h4-10H,1-3H3/b7-5+. The van der Waals surface area contributed by atoms with Gasteiger partial charge in [-0.2, -0.15) is 0 Å². The lowest BCUT2D eigenvalue weighted by Crippen LogP contribution is -2.03. The molecule has 2 rings (SSSR count). The molecule has 0 aliphatic rings. The molecule has 2 aromatic rings. The van der Waals surface area contributed by atoms with Gasteiger partial charge in [-0.05, 0) is 18.2 Å². The summed E-state index contributed by atoms with van der Waals surface area (Å²) in [5.74, 6) is 0.275. The maximum atomic E-state index is 12.7. The number of ether oxygens (including phenoxy) is 3. The molecule has 0 bridgehead atoms. The number of nitro benzene ring substituents is 2. The number of allylic oxidation sites excluding steroid dienone is 1. The fourth-order valence-corrected chi connectivity index (χ4v) is 2.44. The Morgan fingerprint density at radius 1 is 0.929 bits per heavy atom. The summed E-state index contributed by atoms with van der Waals surface area (Å²) in [7, 11) is 4.19. The van der Waals surface area contributed by atoms with Crippen LogP contribution in [0.2, 0.25) is 0 Å². The molecule has 10 heteroatoms. The second-order valence-electron chi connectivity index (χ2n) is 5.36. The third-order valence-corrected chi connectivity index (χ3v) is 3.80. The predicted octanol–water partition coefficient (Wildman–Crippen LogP) is 3.42. The third-order valence-electron chi connectivity index (χ3n) is 3.80. The number of nitrogens with zero attached hydrogens (tertiary/aromatic N) is 2. The molecular formula is C18H16N2O8. The van der Waals surface area contributed by atoms with Gasteiger partial charge in [-0.3, -0.25) is 25.0 Å². The number of hydrogen-bond acceptors (Lipinski definition) is 8. The predicted molar refractivity (Wildman–Crippen MR) is 99.2 cm³/mol. The number of rotatable bonds is 8. The van der Waals surface area contributed by atoms with Crippen LogP contribution in [-0.2, 0) is 0 Å². The average molecular weight is 388 g/mol. The zero-order valence-electron chi connectivity index (χ0n) is 15.2. The molecule has 0 saturated heterocycles. The molecule has 0 aliphatic heterocycles. The first-order chi connectivity index (χ1) is 13.3. The lowest BCUT2D eigenvalue weighted by Gasteiger charge is -2.13. The van der Waals surface area contributed by atoms with E-state index in [1.165, 1.54) is 45.6 Å². The van der Waals surface area contributed by atoms with Gasteiger partial charge in [-0.1, -0.05) is 0 Å². The highest BCUT2D eigenvalue weighted by Crippen LogP contribution is 2.35. The largest absolute Gasteiger partial charge is 0.496 e. The minimum atomic E-state index is -0.758. The molecule has 0 unspecified atom stereocenters. The number of nitro groups is 2. The molecule has 0 spiro atoms. The van der Waals surface area contributed by atoms with Crippen LogP contribution in [0.4, 0.5) is 11.4 Å². The van der Waals surface area contributed by atoms with E-state index >= 15 is 0 Å². The summed E-state index contributed by atoms with van der Waals surface area (Å²) in [6.45, 7) is 0. The van der Waals surface area contributed by atoms with Crippen LogP contribution in [0.1, 0.15) is 15.9 Å². The van der Waals surface area contributed by atoms with Crippen molar-refractivity contribution in [3.8, 4) is 17.2 Å². The van der Waals surface area contributed by atoms with Gasteiger partial charge < -0.3 is 14.2 Å². The highest BCUT2D eigenvalue weighted by Gasteiger charge is 2.20. The summed E-state index contributed by atoms with van der Waals surface area (Å²) in [5, 5.41) is 22.0. The minimum absolute atomic E-state index is 0.0374. The van der Waals surface area contributed by atoms with E-state index in [0.717, 1.165) is 18.2 Å². The molecule has 0 radical (unpaired) electrons. The Hall–Kier alpha value is -3.95. The van der Waals surface area contributed by atoms with Crippen molar-refractivity contribution in [3.05, 3.63) is 67.8 Å². The van der Waals surface area contributed by atoms with Crippen molar-refractivity contribution in [1.29, 1.82) is 0 Å². The van der Waals surface area contributed by atoms with E-state index in [4.69, 9.17) is 14.2 Å². The monoisotopic (exact) mass is 388 g/mol. The number of carbonyl (C=O) groups excluding carboxylic acids is 1. The van der Waals surface area contributed by atoms with E-state index in [2.05, 4.69) is 0 Å². The van der Waals surface area contributed by atoms with E-state index in [9.17, 15) is 25.0 Å². The molecule has 0 aliphatic carbocycles. The molecule has 0 fully saturated rings. The number of hydrogen-bond donors (Lipinski definition) is 0. The smallest absolute Gasteiger partial charge is 0.283 e. The minimum Gasteiger partial charge on any atom is -0.496 e. The van der Waals surface area contributed by atoms with Crippen molar-refractivity contribution in [1.82, 2.24) is 0 Å². The molecule has 0 aromatic heterocycles. The van der Waals surface area contributed by atoms with Crippen LogP contribution < -0.4 is 14.2 Å².